The SMILES string of the molecule is CC(C)CC(O)CC(C)CC(C)(C)C.O=C(O)C1CC=CCC1C(=O)O. The normalized spacial score (nSPS) is 22.3. The molecule has 0 fully saturated rings. The summed E-state index contributed by atoms with van der Waals surface area (Å²) in [5.74, 6) is -2.32. The van der Waals surface area contributed by atoms with Crippen LogP contribution >= 0.6 is 0 Å². The second-order valence-electron chi connectivity index (χ2n) is 9.22. The molecule has 0 spiro atoms. The number of aliphatic hydroxyl groups is 1. The Balaban J connectivity index is 0.000000485. The second kappa shape index (κ2) is 11.4. The lowest BCUT2D eigenvalue weighted by Crippen LogP contribution is -2.30. The first kappa shape index (κ1) is 24.6. The van der Waals surface area contributed by atoms with E-state index in [1.165, 1.54) is 6.42 Å². The van der Waals surface area contributed by atoms with Crippen molar-refractivity contribution in [2.75, 3.05) is 0 Å². The number of aliphatic carboxylic acids is 2. The third kappa shape index (κ3) is 11.3. The molecular weight excluding hydrogens is 332 g/mol. The average molecular weight is 371 g/mol. The van der Waals surface area contributed by atoms with Crippen LogP contribution in [0.2, 0.25) is 0 Å². The highest BCUT2D eigenvalue weighted by atomic mass is 16.4. The molecule has 0 saturated carbocycles. The van der Waals surface area contributed by atoms with Crippen LogP contribution < -0.4 is 0 Å². The lowest BCUT2D eigenvalue weighted by Gasteiger charge is -2.25. The third-order valence-electron chi connectivity index (χ3n) is 4.45. The van der Waals surface area contributed by atoms with E-state index in [1.54, 1.807) is 12.2 Å². The minimum absolute atomic E-state index is 0.104. The average Bonchev–Trinajstić information content (AvgIpc) is 2.44. The van der Waals surface area contributed by atoms with Crippen molar-refractivity contribution in [3.63, 3.8) is 0 Å². The maximum Gasteiger partial charge on any atom is 0.307 e. The number of allylic oxidation sites excluding steroid dienone is 2. The van der Waals surface area contributed by atoms with Crippen molar-refractivity contribution in [1.82, 2.24) is 0 Å². The van der Waals surface area contributed by atoms with Crippen molar-refractivity contribution in [1.29, 1.82) is 0 Å². The van der Waals surface area contributed by atoms with Gasteiger partial charge in [0.2, 0.25) is 0 Å². The Bertz CT molecular complexity index is 438. The number of hydrogen-bond acceptors (Lipinski definition) is 3. The predicted octanol–water partition coefficient (Wildman–Crippen LogP) is 4.59. The summed E-state index contributed by atoms with van der Waals surface area (Å²) >= 11 is 0. The van der Waals surface area contributed by atoms with Crippen LogP contribution in [0.4, 0.5) is 0 Å². The second-order valence-corrected chi connectivity index (χ2v) is 9.22. The smallest absolute Gasteiger partial charge is 0.307 e. The van der Waals surface area contributed by atoms with Crippen LogP contribution in [0.25, 0.3) is 0 Å². The van der Waals surface area contributed by atoms with Gasteiger partial charge in [-0.25, -0.2) is 0 Å². The Labute approximate surface area is 158 Å². The van der Waals surface area contributed by atoms with Gasteiger partial charge < -0.3 is 15.3 Å². The van der Waals surface area contributed by atoms with E-state index in [9.17, 15) is 14.7 Å². The van der Waals surface area contributed by atoms with Gasteiger partial charge in [0.1, 0.15) is 0 Å². The lowest BCUT2D eigenvalue weighted by molar-refractivity contribution is -0.153. The van der Waals surface area contributed by atoms with E-state index in [0.717, 1.165) is 12.8 Å². The van der Waals surface area contributed by atoms with Gasteiger partial charge in [-0.15, -0.1) is 0 Å². The summed E-state index contributed by atoms with van der Waals surface area (Å²) < 4.78 is 0. The first-order valence-electron chi connectivity index (χ1n) is 9.62. The minimum Gasteiger partial charge on any atom is -0.481 e. The van der Waals surface area contributed by atoms with E-state index in [0.29, 0.717) is 30.1 Å². The van der Waals surface area contributed by atoms with Gasteiger partial charge in [0.05, 0.1) is 17.9 Å². The van der Waals surface area contributed by atoms with Gasteiger partial charge in [0.25, 0.3) is 0 Å². The van der Waals surface area contributed by atoms with Crippen molar-refractivity contribution in [3.05, 3.63) is 12.2 Å². The summed E-state index contributed by atoms with van der Waals surface area (Å²) in [5.41, 5.74) is 0.386. The van der Waals surface area contributed by atoms with Gasteiger partial charge >= 0.3 is 11.9 Å². The molecule has 26 heavy (non-hydrogen) atoms. The zero-order valence-corrected chi connectivity index (χ0v) is 17.2. The molecule has 4 atom stereocenters. The molecule has 1 aliphatic rings. The maximum atomic E-state index is 10.6. The molecule has 3 N–H and O–H groups in total. The molecule has 0 heterocycles. The largest absolute Gasteiger partial charge is 0.481 e. The molecule has 0 bridgehead atoms. The van der Waals surface area contributed by atoms with Crippen LogP contribution in [0.3, 0.4) is 0 Å². The monoisotopic (exact) mass is 370 g/mol. The maximum absolute atomic E-state index is 10.6. The zero-order valence-electron chi connectivity index (χ0n) is 17.2. The number of aliphatic hydroxyl groups excluding tert-OH is 1. The molecule has 0 aromatic carbocycles. The van der Waals surface area contributed by atoms with Gasteiger partial charge in [-0.3, -0.25) is 9.59 Å². The predicted molar refractivity (Wildman–Crippen MR) is 104 cm³/mol. The molecule has 4 unspecified atom stereocenters. The summed E-state index contributed by atoms with van der Waals surface area (Å²) in [7, 11) is 0. The summed E-state index contributed by atoms with van der Waals surface area (Å²) in [5, 5.41) is 27.1. The summed E-state index contributed by atoms with van der Waals surface area (Å²) in [6, 6.07) is 0. The Morgan fingerprint density at radius 3 is 1.69 bits per heavy atom. The van der Waals surface area contributed by atoms with E-state index >= 15 is 0 Å². The first-order valence-corrected chi connectivity index (χ1v) is 9.62. The molecule has 0 aromatic rings. The van der Waals surface area contributed by atoms with Crippen molar-refractivity contribution in [2.45, 2.75) is 79.8 Å². The Kier molecular flexibility index (Phi) is 10.8. The molecule has 5 nitrogen and oxygen atoms in total. The van der Waals surface area contributed by atoms with Crippen LogP contribution in [0.15, 0.2) is 12.2 Å². The van der Waals surface area contributed by atoms with Gasteiger partial charge in [0, 0.05) is 0 Å². The van der Waals surface area contributed by atoms with Crippen LogP contribution in [0.1, 0.15) is 73.6 Å². The number of carboxylic acids is 2. The van der Waals surface area contributed by atoms with Crippen LogP contribution in [0, 0.1) is 29.1 Å². The molecule has 1 rings (SSSR count). The Morgan fingerprint density at radius 1 is 0.962 bits per heavy atom. The van der Waals surface area contributed by atoms with Crippen molar-refractivity contribution in [3.8, 4) is 0 Å². The fourth-order valence-electron chi connectivity index (χ4n) is 3.59. The van der Waals surface area contributed by atoms with Gasteiger partial charge in [-0.2, -0.15) is 0 Å². The van der Waals surface area contributed by atoms with Crippen LogP contribution in [0.5, 0.6) is 0 Å². The molecule has 0 saturated heterocycles. The summed E-state index contributed by atoms with van der Waals surface area (Å²) in [6.07, 6.45) is 7.08. The van der Waals surface area contributed by atoms with Gasteiger partial charge in [-0.1, -0.05) is 53.7 Å². The number of carbonyl (C=O) groups is 2. The third-order valence-corrected chi connectivity index (χ3v) is 4.45. The molecular formula is C21H38O5. The topological polar surface area (TPSA) is 94.8 Å². The molecule has 152 valence electrons. The molecule has 1 aliphatic carbocycles. The fraction of sp³-hybridized carbons (Fsp3) is 0.810. The minimum atomic E-state index is -1.02. The zero-order chi connectivity index (χ0) is 20.5. The highest BCUT2D eigenvalue weighted by Crippen LogP contribution is 2.28. The van der Waals surface area contributed by atoms with E-state index in [-0.39, 0.29) is 6.10 Å². The van der Waals surface area contributed by atoms with E-state index < -0.39 is 23.8 Å². The summed E-state index contributed by atoms with van der Waals surface area (Å²) in [4.78, 5) is 21.1. The Hall–Kier alpha value is -1.36. The number of rotatable bonds is 7. The lowest BCUT2D eigenvalue weighted by atomic mass is 9.82. The highest BCUT2D eigenvalue weighted by molar-refractivity contribution is 5.80. The highest BCUT2D eigenvalue weighted by Gasteiger charge is 2.33. The Morgan fingerprint density at radius 2 is 1.38 bits per heavy atom. The van der Waals surface area contributed by atoms with Crippen molar-refractivity contribution >= 4 is 11.9 Å². The van der Waals surface area contributed by atoms with Crippen molar-refractivity contribution < 1.29 is 24.9 Å². The van der Waals surface area contributed by atoms with Gasteiger partial charge in [0.15, 0.2) is 0 Å². The standard InChI is InChI=1S/C13H28O.C8H10O4/c1-10(2)7-12(14)8-11(3)9-13(4,5)6;9-7(10)5-3-1-2-4-6(5)8(11)12/h10-12,14H,7-9H2,1-6H3;1-2,5-6H,3-4H2,(H,9,10)(H,11,12). The van der Waals surface area contributed by atoms with Crippen molar-refractivity contribution in [2.24, 2.45) is 29.1 Å². The molecule has 0 aliphatic heterocycles. The van der Waals surface area contributed by atoms with E-state index in [4.69, 9.17) is 10.2 Å². The quantitative estimate of drug-likeness (QED) is 0.570. The van der Waals surface area contributed by atoms with E-state index in [1.807, 2.05) is 0 Å². The molecule has 0 amide bonds. The number of hydrogen-bond donors (Lipinski definition) is 3. The summed E-state index contributed by atoms with van der Waals surface area (Å²) in [6.45, 7) is 13.4. The van der Waals surface area contributed by atoms with Gasteiger partial charge in [-0.05, 0) is 49.4 Å². The van der Waals surface area contributed by atoms with Crippen LogP contribution in [-0.4, -0.2) is 33.4 Å². The number of carboxylic acid groups (broad SMARTS) is 2. The molecule has 0 radical (unpaired) electrons. The fourth-order valence-corrected chi connectivity index (χ4v) is 3.59. The molecule has 5 heteroatoms. The van der Waals surface area contributed by atoms with Crippen LogP contribution in [-0.2, 0) is 9.59 Å². The molecule has 0 aromatic heterocycles. The van der Waals surface area contributed by atoms with E-state index in [2.05, 4.69) is 41.5 Å². The first-order chi connectivity index (χ1) is 11.8.